The van der Waals surface area contributed by atoms with Gasteiger partial charge < -0.3 is 44.5 Å². The normalized spacial score (nSPS) is 35.5. The van der Waals surface area contributed by atoms with Gasteiger partial charge in [-0.1, -0.05) is 35.9 Å². The Morgan fingerprint density at radius 2 is 1.85 bits per heavy atom. The first-order valence-corrected chi connectivity index (χ1v) is 13.3. The summed E-state index contributed by atoms with van der Waals surface area (Å²) in [5, 5.41) is 49.9. The largest absolute Gasteiger partial charge is 0.508 e. The minimum absolute atomic E-state index is 0.00381. The van der Waals surface area contributed by atoms with Crippen LogP contribution in [0, 0.1) is 11.8 Å². The van der Waals surface area contributed by atoms with Crippen molar-refractivity contribution in [3.8, 4) is 5.75 Å². The molecule has 0 amide bonds. The third-order valence-electron chi connectivity index (χ3n) is 8.25. The lowest BCUT2D eigenvalue weighted by atomic mass is 9.82. The van der Waals surface area contributed by atoms with E-state index in [9.17, 15) is 35.1 Å². The Morgan fingerprint density at radius 3 is 2.55 bits per heavy atom. The van der Waals surface area contributed by atoms with Crippen LogP contribution in [0.2, 0.25) is 0 Å². The van der Waals surface area contributed by atoms with E-state index in [1.807, 2.05) is 13.0 Å². The van der Waals surface area contributed by atoms with Crippen LogP contribution in [0.3, 0.4) is 0 Å². The summed E-state index contributed by atoms with van der Waals surface area (Å²) < 4.78 is 23.1. The zero-order valence-electron chi connectivity index (χ0n) is 22.0. The Balaban J connectivity index is 1.33. The number of benzene rings is 1. The number of phenols is 1. The van der Waals surface area contributed by atoms with Gasteiger partial charge in [0.05, 0.1) is 25.0 Å². The summed E-state index contributed by atoms with van der Waals surface area (Å²) in [6, 6.07) is 6.28. The van der Waals surface area contributed by atoms with E-state index in [4.69, 9.17) is 18.9 Å². The first-order chi connectivity index (χ1) is 19.1. The molecular formula is C29H34O11. The van der Waals surface area contributed by atoms with Crippen LogP contribution in [-0.4, -0.2) is 93.6 Å². The smallest absolute Gasteiger partial charge is 0.334 e. The van der Waals surface area contributed by atoms with E-state index in [1.165, 1.54) is 12.1 Å². The van der Waals surface area contributed by atoms with Crippen LogP contribution in [0.25, 0.3) is 0 Å². The molecule has 0 aromatic heterocycles. The monoisotopic (exact) mass is 558 g/mol. The molecule has 5 N–H and O–H groups in total. The predicted octanol–water partition coefficient (Wildman–Crippen LogP) is 0.427. The number of aliphatic hydroxyl groups is 4. The number of carbonyl (C=O) groups excluding carboxylic acids is 2. The van der Waals surface area contributed by atoms with Gasteiger partial charge in [0.2, 0.25) is 0 Å². The number of hydrogen-bond acceptors (Lipinski definition) is 11. The van der Waals surface area contributed by atoms with Gasteiger partial charge in [-0.2, -0.15) is 0 Å². The number of fused-ring (bicyclic) bond motifs is 3. The highest BCUT2D eigenvalue weighted by Crippen LogP contribution is 2.49. The summed E-state index contributed by atoms with van der Waals surface area (Å²) in [7, 11) is 0. The molecule has 11 nitrogen and oxygen atoms in total. The molecule has 1 aromatic rings. The van der Waals surface area contributed by atoms with Crippen LogP contribution in [0.5, 0.6) is 5.75 Å². The number of allylic oxidation sites excluding steroid dienone is 1. The van der Waals surface area contributed by atoms with E-state index < -0.39 is 67.4 Å². The fraction of sp³-hybridized carbons (Fsp3) is 0.517. The van der Waals surface area contributed by atoms with Crippen molar-refractivity contribution in [3.63, 3.8) is 0 Å². The van der Waals surface area contributed by atoms with Crippen molar-refractivity contribution in [2.24, 2.45) is 11.8 Å². The van der Waals surface area contributed by atoms with Crippen molar-refractivity contribution in [2.45, 2.75) is 69.1 Å². The highest BCUT2D eigenvalue weighted by Gasteiger charge is 2.54. The average Bonchev–Trinajstić information content (AvgIpc) is 3.45. The van der Waals surface area contributed by atoms with E-state index in [0.29, 0.717) is 18.4 Å². The highest BCUT2D eigenvalue weighted by molar-refractivity contribution is 5.91. The molecule has 0 spiro atoms. The molecular weight excluding hydrogens is 524 g/mol. The van der Waals surface area contributed by atoms with Crippen LogP contribution < -0.4 is 0 Å². The summed E-state index contributed by atoms with van der Waals surface area (Å²) >= 11 is 0. The van der Waals surface area contributed by atoms with Gasteiger partial charge in [0.15, 0.2) is 6.29 Å². The zero-order chi connectivity index (χ0) is 28.7. The van der Waals surface area contributed by atoms with Crippen molar-refractivity contribution in [3.05, 3.63) is 64.8 Å². The summed E-state index contributed by atoms with van der Waals surface area (Å²) in [5.74, 6) is -1.91. The molecule has 216 valence electrons. The molecule has 9 unspecified atom stereocenters. The van der Waals surface area contributed by atoms with Crippen LogP contribution in [0.1, 0.15) is 25.3 Å². The Bertz CT molecular complexity index is 1220. The van der Waals surface area contributed by atoms with Crippen LogP contribution in [0.4, 0.5) is 0 Å². The van der Waals surface area contributed by atoms with Gasteiger partial charge in [0.25, 0.3) is 0 Å². The molecule has 5 rings (SSSR count). The van der Waals surface area contributed by atoms with Gasteiger partial charge in [-0.25, -0.2) is 4.79 Å². The van der Waals surface area contributed by atoms with Gasteiger partial charge in [-0.15, -0.1) is 0 Å². The third kappa shape index (κ3) is 5.32. The van der Waals surface area contributed by atoms with E-state index in [2.05, 4.69) is 6.58 Å². The van der Waals surface area contributed by atoms with Gasteiger partial charge in [-0.3, -0.25) is 4.79 Å². The molecule has 2 saturated heterocycles. The van der Waals surface area contributed by atoms with Gasteiger partial charge >= 0.3 is 11.9 Å². The zero-order valence-corrected chi connectivity index (χ0v) is 22.0. The summed E-state index contributed by atoms with van der Waals surface area (Å²) in [5.41, 5.74) is 3.67. The standard InChI is InChI=1S/C29H34O11/c1-13-9-19(38-29-26(35)25(34)24(33)20(11-30)39-29)22-14(2)28(36)40-27(22)23-16(5-8-18(13)23)12-37-21(32)10-15-3-6-17(31)7-4-15/h3-7,19-20,22-27,29-31,33-35H,2,8-12H2,1H3. The number of aromatic hydroxyl groups is 1. The summed E-state index contributed by atoms with van der Waals surface area (Å²) in [4.78, 5) is 25.3. The SMILES string of the molecule is C=C1C(=O)OC2C3C(COC(=O)Cc4ccc(O)cc4)=CCC3=C(C)CC(OC3OC(CO)C(O)C(O)C3O)C12. The minimum Gasteiger partial charge on any atom is -0.508 e. The first kappa shape index (κ1) is 28.5. The van der Waals surface area contributed by atoms with Gasteiger partial charge in [0.1, 0.15) is 42.9 Å². The molecule has 2 heterocycles. The Kier molecular flexibility index (Phi) is 8.14. The molecule has 0 bridgehead atoms. The number of phenolic OH excluding ortho intramolecular Hbond substituents is 1. The van der Waals surface area contributed by atoms with E-state index >= 15 is 0 Å². The molecule has 1 aromatic carbocycles. The van der Waals surface area contributed by atoms with Crippen molar-refractivity contribution in [2.75, 3.05) is 13.2 Å². The predicted molar refractivity (Wildman–Crippen MR) is 137 cm³/mol. The lowest BCUT2D eigenvalue weighted by Gasteiger charge is -2.41. The molecule has 9 atom stereocenters. The second-order valence-electron chi connectivity index (χ2n) is 10.8. The van der Waals surface area contributed by atoms with Crippen molar-refractivity contribution >= 4 is 11.9 Å². The lowest BCUT2D eigenvalue weighted by molar-refractivity contribution is -0.314. The van der Waals surface area contributed by atoms with Gasteiger partial charge in [-0.05, 0) is 43.0 Å². The van der Waals surface area contributed by atoms with Gasteiger partial charge in [0, 0.05) is 11.5 Å². The molecule has 0 radical (unpaired) electrons. The topological polar surface area (TPSA) is 172 Å². The number of carbonyl (C=O) groups is 2. The fourth-order valence-electron chi connectivity index (χ4n) is 6.07. The van der Waals surface area contributed by atoms with E-state index in [-0.39, 0.29) is 30.3 Å². The van der Waals surface area contributed by atoms with E-state index in [1.54, 1.807) is 12.1 Å². The Labute approximate surface area is 230 Å². The number of hydrogen-bond donors (Lipinski definition) is 5. The molecule has 0 saturated carbocycles. The maximum atomic E-state index is 12.7. The maximum absolute atomic E-state index is 12.7. The Morgan fingerprint density at radius 1 is 1.12 bits per heavy atom. The maximum Gasteiger partial charge on any atom is 0.334 e. The number of esters is 2. The van der Waals surface area contributed by atoms with Crippen LogP contribution in [-0.2, 0) is 35.0 Å². The molecule has 2 aliphatic heterocycles. The average molecular weight is 559 g/mol. The number of aliphatic hydroxyl groups excluding tert-OH is 4. The number of rotatable bonds is 7. The van der Waals surface area contributed by atoms with Crippen molar-refractivity contribution in [1.29, 1.82) is 0 Å². The molecule has 40 heavy (non-hydrogen) atoms. The Hall–Kier alpha value is -3.06. The quantitative estimate of drug-likeness (QED) is 0.178. The molecule has 11 heteroatoms. The minimum atomic E-state index is -1.60. The first-order valence-electron chi connectivity index (χ1n) is 13.3. The second kappa shape index (κ2) is 11.4. The highest BCUT2D eigenvalue weighted by atomic mass is 16.7. The fourth-order valence-corrected chi connectivity index (χ4v) is 6.07. The van der Waals surface area contributed by atoms with Crippen molar-refractivity contribution < 1.29 is 54.1 Å². The van der Waals surface area contributed by atoms with Crippen molar-refractivity contribution in [1.82, 2.24) is 0 Å². The lowest BCUT2D eigenvalue weighted by Crippen LogP contribution is -2.60. The second-order valence-corrected chi connectivity index (χ2v) is 10.8. The molecule has 2 fully saturated rings. The summed E-state index contributed by atoms with van der Waals surface area (Å²) in [6.07, 6.45) is -5.76. The molecule has 2 aliphatic carbocycles. The van der Waals surface area contributed by atoms with E-state index in [0.717, 1.165) is 16.7 Å². The van der Waals surface area contributed by atoms with Crippen LogP contribution >= 0.6 is 0 Å². The third-order valence-corrected chi connectivity index (χ3v) is 8.25. The summed E-state index contributed by atoms with van der Waals surface area (Å²) in [6.45, 7) is 5.29. The molecule has 4 aliphatic rings. The number of ether oxygens (including phenoxy) is 4. The van der Waals surface area contributed by atoms with Crippen LogP contribution in [0.15, 0.2) is 59.2 Å².